The Morgan fingerprint density at radius 1 is 1.23 bits per heavy atom. The Morgan fingerprint density at radius 3 is 2.54 bits per heavy atom. The van der Waals surface area contributed by atoms with Crippen molar-refractivity contribution in [3.05, 3.63) is 47.2 Å². The second-order valence-corrected chi connectivity index (χ2v) is 6.36. The molecular formula is C16H13ClF3N3O3. The third-order valence-electron chi connectivity index (χ3n) is 4.23. The minimum absolute atomic E-state index is 0.0723. The molecule has 10 heteroatoms. The summed E-state index contributed by atoms with van der Waals surface area (Å²) in [6, 6.07) is 8.02. The number of carbonyl (C=O) groups excluding carboxylic acids is 1. The van der Waals surface area contributed by atoms with Gasteiger partial charge in [-0.2, -0.15) is 18.3 Å². The normalized spacial score (nSPS) is 20.4. The van der Waals surface area contributed by atoms with Crippen LogP contribution in [0.5, 0.6) is 0 Å². The van der Waals surface area contributed by atoms with Gasteiger partial charge in [0, 0.05) is 24.3 Å². The fourth-order valence-electron chi connectivity index (χ4n) is 2.91. The first-order valence-corrected chi connectivity index (χ1v) is 7.95. The Kier molecular flexibility index (Phi) is 4.66. The van der Waals surface area contributed by atoms with E-state index in [4.69, 9.17) is 16.7 Å². The van der Waals surface area contributed by atoms with Crippen LogP contribution in [-0.4, -0.2) is 50.9 Å². The van der Waals surface area contributed by atoms with Gasteiger partial charge in [0.15, 0.2) is 5.69 Å². The molecule has 0 aliphatic carbocycles. The van der Waals surface area contributed by atoms with Gasteiger partial charge in [-0.1, -0.05) is 17.7 Å². The summed E-state index contributed by atoms with van der Waals surface area (Å²) in [5.41, 5.74) is 0.506. The number of aromatic nitrogens is 2. The van der Waals surface area contributed by atoms with Gasteiger partial charge in [0.1, 0.15) is 0 Å². The molecule has 138 valence electrons. The molecule has 1 fully saturated rings. The van der Waals surface area contributed by atoms with Crippen molar-refractivity contribution in [2.75, 3.05) is 13.1 Å². The fraction of sp³-hybridized carbons (Fsp3) is 0.312. The topological polar surface area (TPSA) is 75.4 Å². The molecule has 0 saturated carbocycles. The van der Waals surface area contributed by atoms with Crippen LogP contribution in [-0.2, 0) is 4.79 Å². The Hall–Kier alpha value is -2.55. The van der Waals surface area contributed by atoms with Gasteiger partial charge >= 0.3 is 12.1 Å². The molecule has 1 aromatic carbocycles. The summed E-state index contributed by atoms with van der Waals surface area (Å²) < 4.78 is 40.5. The molecule has 0 spiro atoms. The number of carboxylic acids is 1. The van der Waals surface area contributed by atoms with Crippen molar-refractivity contribution >= 4 is 23.5 Å². The Bertz CT molecular complexity index is 853. The highest BCUT2D eigenvalue weighted by Gasteiger charge is 2.53. The number of amides is 1. The van der Waals surface area contributed by atoms with Crippen LogP contribution in [0.4, 0.5) is 13.2 Å². The van der Waals surface area contributed by atoms with Crippen molar-refractivity contribution in [1.82, 2.24) is 14.7 Å². The van der Waals surface area contributed by atoms with Gasteiger partial charge in [0.2, 0.25) is 0 Å². The number of likely N-dealkylation sites (tertiary alicyclic amines) is 1. The number of hydrogen-bond acceptors (Lipinski definition) is 3. The molecule has 1 N–H and O–H groups in total. The Morgan fingerprint density at radius 2 is 1.96 bits per heavy atom. The lowest BCUT2D eigenvalue weighted by Gasteiger charge is -2.18. The van der Waals surface area contributed by atoms with Crippen molar-refractivity contribution < 1.29 is 27.9 Å². The first-order valence-electron chi connectivity index (χ1n) is 7.57. The smallest absolute Gasteiger partial charge is 0.394 e. The summed E-state index contributed by atoms with van der Waals surface area (Å²) in [6.45, 7) is -1.22. The molecule has 0 unspecified atom stereocenters. The van der Waals surface area contributed by atoms with Crippen molar-refractivity contribution in [3.63, 3.8) is 0 Å². The van der Waals surface area contributed by atoms with Crippen molar-refractivity contribution in [3.8, 4) is 5.69 Å². The lowest BCUT2D eigenvalue weighted by Crippen LogP contribution is -2.34. The van der Waals surface area contributed by atoms with E-state index in [9.17, 15) is 22.8 Å². The maximum absolute atomic E-state index is 13.0. The molecule has 1 aliphatic rings. The number of aliphatic carboxylic acids is 1. The number of hydrogen-bond donors (Lipinski definition) is 1. The van der Waals surface area contributed by atoms with Crippen LogP contribution in [0.1, 0.15) is 10.5 Å². The number of halogens is 4. The SMILES string of the molecule is O=C(O)[C@@H]1CN(C(=O)c2ccn(-c3cccc(Cl)c3)n2)C[C@H]1C(F)(F)F. The number of alkyl halides is 3. The first-order chi connectivity index (χ1) is 12.2. The van der Waals surface area contributed by atoms with E-state index in [2.05, 4.69) is 5.10 Å². The van der Waals surface area contributed by atoms with Gasteiger partial charge < -0.3 is 10.0 Å². The standard InChI is InChI=1S/C16H13ClF3N3O3/c17-9-2-1-3-10(6-9)23-5-4-13(21-23)14(24)22-7-11(15(25)26)12(8-22)16(18,19)20/h1-6,11-12H,7-8H2,(H,25,26)/t11-,12-/m1/s1. The quantitative estimate of drug-likeness (QED) is 0.878. The van der Waals surface area contributed by atoms with Crippen molar-refractivity contribution in [1.29, 1.82) is 0 Å². The number of nitrogens with zero attached hydrogens (tertiary/aromatic N) is 3. The molecule has 3 rings (SSSR count). The number of carboxylic acid groups (broad SMARTS) is 1. The van der Waals surface area contributed by atoms with Crippen LogP contribution in [0.2, 0.25) is 5.02 Å². The Balaban J connectivity index is 1.81. The Labute approximate surface area is 150 Å². The van der Waals surface area contributed by atoms with E-state index in [0.29, 0.717) is 10.7 Å². The molecule has 6 nitrogen and oxygen atoms in total. The van der Waals surface area contributed by atoms with E-state index in [1.54, 1.807) is 24.3 Å². The van der Waals surface area contributed by atoms with E-state index < -0.39 is 43.0 Å². The molecule has 2 heterocycles. The molecule has 2 atom stereocenters. The van der Waals surface area contributed by atoms with Gasteiger partial charge in [-0.15, -0.1) is 0 Å². The highest BCUT2D eigenvalue weighted by Crippen LogP contribution is 2.38. The van der Waals surface area contributed by atoms with Crippen LogP contribution >= 0.6 is 11.6 Å². The molecule has 1 amide bonds. The maximum Gasteiger partial charge on any atom is 0.394 e. The minimum atomic E-state index is -4.70. The fourth-order valence-corrected chi connectivity index (χ4v) is 3.10. The second kappa shape index (κ2) is 6.64. The summed E-state index contributed by atoms with van der Waals surface area (Å²) >= 11 is 5.89. The van der Waals surface area contributed by atoms with E-state index in [1.807, 2.05) is 0 Å². The average Bonchev–Trinajstić information content (AvgIpc) is 3.21. The maximum atomic E-state index is 13.0. The zero-order chi connectivity index (χ0) is 19.1. The molecule has 26 heavy (non-hydrogen) atoms. The largest absolute Gasteiger partial charge is 0.481 e. The third-order valence-corrected chi connectivity index (χ3v) is 4.46. The van der Waals surface area contributed by atoms with Crippen molar-refractivity contribution in [2.24, 2.45) is 11.8 Å². The summed E-state index contributed by atoms with van der Waals surface area (Å²) in [5.74, 6) is -6.11. The van der Waals surface area contributed by atoms with Crippen molar-refractivity contribution in [2.45, 2.75) is 6.18 Å². The molecule has 1 aliphatic heterocycles. The number of carbonyl (C=O) groups is 2. The predicted molar refractivity (Wildman–Crippen MR) is 85.1 cm³/mol. The van der Waals surface area contributed by atoms with E-state index in [1.165, 1.54) is 16.9 Å². The van der Waals surface area contributed by atoms with Crippen LogP contribution in [0.3, 0.4) is 0 Å². The van der Waals surface area contributed by atoms with Gasteiger partial charge in [-0.25, -0.2) is 4.68 Å². The molecule has 0 bridgehead atoms. The monoisotopic (exact) mass is 387 g/mol. The van der Waals surface area contributed by atoms with E-state index in [0.717, 1.165) is 4.90 Å². The average molecular weight is 388 g/mol. The number of benzene rings is 1. The van der Waals surface area contributed by atoms with Gasteiger partial charge in [-0.05, 0) is 24.3 Å². The molecule has 2 aromatic rings. The summed E-state index contributed by atoms with van der Waals surface area (Å²) in [7, 11) is 0. The van der Waals surface area contributed by atoms with E-state index >= 15 is 0 Å². The zero-order valence-corrected chi connectivity index (χ0v) is 13.9. The predicted octanol–water partition coefficient (Wildman–Crippen LogP) is 2.86. The van der Waals surface area contributed by atoms with Gasteiger partial charge in [0.25, 0.3) is 5.91 Å². The highest BCUT2D eigenvalue weighted by molar-refractivity contribution is 6.30. The minimum Gasteiger partial charge on any atom is -0.481 e. The molecular weight excluding hydrogens is 375 g/mol. The van der Waals surface area contributed by atoms with Crippen LogP contribution < -0.4 is 0 Å². The molecule has 0 radical (unpaired) electrons. The second-order valence-electron chi connectivity index (χ2n) is 5.93. The van der Waals surface area contributed by atoms with Crippen LogP contribution in [0.15, 0.2) is 36.5 Å². The van der Waals surface area contributed by atoms with E-state index in [-0.39, 0.29) is 5.69 Å². The van der Waals surface area contributed by atoms with Gasteiger partial charge in [-0.3, -0.25) is 9.59 Å². The number of rotatable bonds is 3. The first kappa shape index (κ1) is 18.2. The lowest BCUT2D eigenvalue weighted by atomic mass is 9.96. The lowest BCUT2D eigenvalue weighted by molar-refractivity contribution is -0.187. The summed E-state index contributed by atoms with van der Waals surface area (Å²) in [5, 5.41) is 13.5. The third kappa shape index (κ3) is 3.52. The zero-order valence-electron chi connectivity index (χ0n) is 13.2. The summed E-state index contributed by atoms with van der Waals surface area (Å²) in [4.78, 5) is 24.5. The molecule has 1 aromatic heterocycles. The van der Waals surface area contributed by atoms with Crippen LogP contribution in [0, 0.1) is 11.8 Å². The van der Waals surface area contributed by atoms with Crippen LogP contribution in [0.25, 0.3) is 5.69 Å². The highest BCUT2D eigenvalue weighted by atomic mass is 35.5. The molecule has 1 saturated heterocycles. The van der Waals surface area contributed by atoms with Gasteiger partial charge in [0.05, 0.1) is 17.5 Å². The summed E-state index contributed by atoms with van der Waals surface area (Å²) in [6.07, 6.45) is -3.22.